The van der Waals surface area contributed by atoms with Crippen LogP contribution in [0.15, 0.2) is 61.6 Å². The topological polar surface area (TPSA) is 88.3 Å². The Morgan fingerprint density at radius 3 is 2.20 bits per heavy atom. The summed E-state index contributed by atoms with van der Waals surface area (Å²) in [5.41, 5.74) is 3.50. The monoisotopic (exact) mass is 472 g/mol. The van der Waals surface area contributed by atoms with Gasteiger partial charge in [0.1, 0.15) is 5.56 Å². The average molecular weight is 473 g/mol. The summed E-state index contributed by atoms with van der Waals surface area (Å²) in [7, 11) is 0. The van der Waals surface area contributed by atoms with Crippen LogP contribution in [0.1, 0.15) is 67.9 Å². The van der Waals surface area contributed by atoms with Crippen molar-refractivity contribution in [1.82, 2.24) is 14.8 Å². The number of carbonyl (C=O) groups is 2. The van der Waals surface area contributed by atoms with Crippen LogP contribution in [0.4, 0.5) is 5.82 Å². The number of benzene rings is 1. The van der Waals surface area contributed by atoms with Crippen molar-refractivity contribution in [2.75, 3.05) is 4.90 Å². The molecule has 0 radical (unpaired) electrons. The molecular formula is C28H32N4O3. The molecule has 7 heteroatoms. The van der Waals surface area contributed by atoms with Crippen molar-refractivity contribution in [2.24, 2.45) is 11.8 Å². The molecule has 1 aliphatic carbocycles. The van der Waals surface area contributed by atoms with Crippen molar-refractivity contribution in [1.29, 1.82) is 0 Å². The quantitative estimate of drug-likeness (QED) is 0.484. The second-order valence-electron chi connectivity index (χ2n) is 9.64. The molecule has 1 fully saturated rings. The molecule has 4 rings (SSSR count). The van der Waals surface area contributed by atoms with E-state index in [1.54, 1.807) is 17.3 Å². The largest absolute Gasteiger partial charge is 0.477 e. The van der Waals surface area contributed by atoms with Gasteiger partial charge in [0.05, 0.1) is 5.69 Å². The Hall–Kier alpha value is -3.74. The van der Waals surface area contributed by atoms with Crippen molar-refractivity contribution in [3.63, 3.8) is 0 Å². The van der Waals surface area contributed by atoms with Crippen molar-refractivity contribution >= 4 is 23.3 Å². The summed E-state index contributed by atoms with van der Waals surface area (Å²) in [6.45, 7) is 10.2. The van der Waals surface area contributed by atoms with Crippen LogP contribution in [-0.2, 0) is 4.79 Å². The maximum absolute atomic E-state index is 13.5. The number of hydrogen-bond donors (Lipinski definition) is 1. The van der Waals surface area contributed by atoms with Crippen molar-refractivity contribution < 1.29 is 14.7 Å². The molecule has 1 aliphatic rings. The summed E-state index contributed by atoms with van der Waals surface area (Å²) >= 11 is 0. The Morgan fingerprint density at radius 1 is 1.03 bits per heavy atom. The van der Waals surface area contributed by atoms with Gasteiger partial charge in [-0.3, -0.25) is 14.7 Å². The summed E-state index contributed by atoms with van der Waals surface area (Å²) in [4.78, 5) is 31.2. The fourth-order valence-electron chi connectivity index (χ4n) is 4.67. The maximum atomic E-state index is 13.5. The molecule has 182 valence electrons. The van der Waals surface area contributed by atoms with Gasteiger partial charge < -0.3 is 5.11 Å². The fraction of sp³-hybridized carbons (Fsp3) is 0.357. The van der Waals surface area contributed by atoms with Crippen molar-refractivity contribution in [3.05, 3.63) is 78.3 Å². The third-order valence-corrected chi connectivity index (χ3v) is 6.78. The number of pyridine rings is 1. The van der Waals surface area contributed by atoms with E-state index in [1.165, 1.54) is 10.9 Å². The number of amides is 1. The van der Waals surface area contributed by atoms with E-state index in [4.69, 9.17) is 0 Å². The third-order valence-electron chi connectivity index (χ3n) is 6.78. The van der Waals surface area contributed by atoms with Crippen LogP contribution in [-0.4, -0.2) is 37.8 Å². The highest BCUT2D eigenvalue weighted by molar-refractivity contribution is 6.01. The zero-order valence-electron chi connectivity index (χ0n) is 20.5. The first-order valence-electron chi connectivity index (χ1n) is 12.1. The van der Waals surface area contributed by atoms with E-state index < -0.39 is 5.97 Å². The van der Waals surface area contributed by atoms with Crippen LogP contribution in [0.25, 0.3) is 11.3 Å². The van der Waals surface area contributed by atoms with Gasteiger partial charge in [0.15, 0.2) is 5.82 Å². The van der Waals surface area contributed by atoms with Crippen molar-refractivity contribution in [2.45, 2.75) is 52.5 Å². The minimum Gasteiger partial charge on any atom is -0.477 e. The molecule has 7 nitrogen and oxygen atoms in total. The second-order valence-corrected chi connectivity index (χ2v) is 9.64. The molecule has 1 aromatic carbocycles. The molecule has 0 aliphatic heterocycles. The van der Waals surface area contributed by atoms with E-state index in [-0.39, 0.29) is 29.2 Å². The van der Waals surface area contributed by atoms with Crippen LogP contribution < -0.4 is 4.90 Å². The van der Waals surface area contributed by atoms with Crippen LogP contribution in [0.3, 0.4) is 0 Å². The minimum atomic E-state index is -1.11. The van der Waals surface area contributed by atoms with Gasteiger partial charge >= 0.3 is 5.97 Å². The Bertz CT molecular complexity index is 1210. The lowest BCUT2D eigenvalue weighted by Gasteiger charge is -2.32. The van der Waals surface area contributed by atoms with E-state index in [0.717, 1.165) is 42.4 Å². The molecule has 35 heavy (non-hydrogen) atoms. The molecule has 3 aromatic rings. The van der Waals surface area contributed by atoms with Crippen LogP contribution >= 0.6 is 0 Å². The lowest BCUT2D eigenvalue weighted by Crippen LogP contribution is -2.43. The van der Waals surface area contributed by atoms with E-state index >= 15 is 0 Å². The van der Waals surface area contributed by atoms with E-state index in [9.17, 15) is 14.7 Å². The predicted molar refractivity (Wildman–Crippen MR) is 137 cm³/mol. The molecule has 1 N–H and O–H groups in total. The number of carbonyl (C=O) groups excluding carboxylic acids is 1. The number of nitrogens with zero attached hydrogens (tertiary/aromatic N) is 4. The first-order valence-corrected chi connectivity index (χ1v) is 12.1. The van der Waals surface area contributed by atoms with Gasteiger partial charge in [-0.05, 0) is 86.4 Å². The van der Waals surface area contributed by atoms with E-state index in [2.05, 4.69) is 23.6 Å². The second kappa shape index (κ2) is 10.3. The van der Waals surface area contributed by atoms with Crippen LogP contribution in [0, 0.1) is 11.8 Å². The molecule has 0 saturated heterocycles. The molecule has 0 bridgehead atoms. The highest BCUT2D eigenvalue weighted by Crippen LogP contribution is 2.33. The zero-order valence-corrected chi connectivity index (χ0v) is 20.5. The lowest BCUT2D eigenvalue weighted by atomic mass is 9.82. The highest BCUT2D eigenvalue weighted by Gasteiger charge is 2.34. The first kappa shape index (κ1) is 24.4. The maximum Gasteiger partial charge on any atom is 0.341 e. The predicted octanol–water partition coefficient (Wildman–Crippen LogP) is 5.59. The van der Waals surface area contributed by atoms with Crippen molar-refractivity contribution in [3.8, 4) is 5.69 Å². The smallest absolute Gasteiger partial charge is 0.341 e. The standard InChI is InChI=1S/C28H32N4O3/c1-18(2)32(27(33)23-7-5-19(3)6-8-23)26-25(28(34)35)17-31(30-26)24-11-9-21(10-12-24)20(4)22-13-15-29-16-14-22/h9-19,23H,4-8H2,1-3H3,(H,34,35)/t19-,23-. The van der Waals surface area contributed by atoms with Crippen LogP contribution in [0.5, 0.6) is 0 Å². The highest BCUT2D eigenvalue weighted by atomic mass is 16.4. The number of aromatic nitrogens is 3. The summed E-state index contributed by atoms with van der Waals surface area (Å²) in [5.74, 6) is -0.425. The minimum absolute atomic E-state index is 0.0153. The van der Waals surface area contributed by atoms with Gasteiger partial charge in [-0.25, -0.2) is 9.48 Å². The molecule has 0 spiro atoms. The normalized spacial score (nSPS) is 17.8. The number of rotatable bonds is 7. The Labute approximate surface area is 206 Å². The number of anilines is 1. The molecular weight excluding hydrogens is 440 g/mol. The number of aromatic carboxylic acids is 1. The molecule has 0 atom stereocenters. The Kier molecular flexibility index (Phi) is 7.15. The molecule has 2 aromatic heterocycles. The van der Waals surface area contributed by atoms with Gasteiger partial charge in [-0.1, -0.05) is 25.6 Å². The van der Waals surface area contributed by atoms with Gasteiger partial charge in [-0.15, -0.1) is 5.10 Å². The molecule has 0 unspecified atom stereocenters. The van der Waals surface area contributed by atoms with Gasteiger partial charge in [-0.2, -0.15) is 0 Å². The van der Waals surface area contributed by atoms with E-state index in [0.29, 0.717) is 11.6 Å². The average Bonchev–Trinajstić information content (AvgIpc) is 3.29. The molecule has 1 saturated carbocycles. The molecule has 1 amide bonds. The lowest BCUT2D eigenvalue weighted by molar-refractivity contribution is -0.123. The summed E-state index contributed by atoms with van der Waals surface area (Å²) in [6.07, 6.45) is 8.62. The van der Waals surface area contributed by atoms with Gasteiger partial charge in [0.25, 0.3) is 0 Å². The van der Waals surface area contributed by atoms with E-state index in [1.807, 2.05) is 50.2 Å². The molecule has 2 heterocycles. The van der Waals surface area contributed by atoms with Gasteiger partial charge in [0.2, 0.25) is 5.91 Å². The Balaban J connectivity index is 1.64. The number of hydrogen-bond acceptors (Lipinski definition) is 4. The first-order chi connectivity index (χ1) is 16.8. The zero-order chi connectivity index (χ0) is 25.1. The number of carboxylic acid groups (broad SMARTS) is 1. The summed E-state index contributed by atoms with van der Waals surface area (Å²) in [5, 5.41) is 14.5. The number of carboxylic acids is 1. The fourth-order valence-corrected chi connectivity index (χ4v) is 4.67. The summed E-state index contributed by atoms with van der Waals surface area (Å²) < 4.78 is 1.53. The van der Waals surface area contributed by atoms with Crippen LogP contribution in [0.2, 0.25) is 0 Å². The summed E-state index contributed by atoms with van der Waals surface area (Å²) in [6, 6.07) is 11.2. The Morgan fingerprint density at radius 2 is 1.63 bits per heavy atom. The van der Waals surface area contributed by atoms with Gasteiger partial charge in [0, 0.05) is 30.6 Å². The SMILES string of the molecule is C=C(c1ccncc1)c1ccc(-n2cc(C(=O)O)c(N(C(=O)[C@H]3CC[C@H](C)CC3)C(C)C)n2)cc1. The third kappa shape index (κ3) is 5.19.